The van der Waals surface area contributed by atoms with Crippen molar-refractivity contribution in [3.8, 4) is 0 Å². The fourth-order valence-electron chi connectivity index (χ4n) is 2.28. The summed E-state index contributed by atoms with van der Waals surface area (Å²) in [6.07, 6.45) is 0. The minimum Gasteiger partial charge on any atom is -0.395 e. The molecule has 5 nitrogen and oxygen atoms in total. The molecule has 23 heavy (non-hydrogen) atoms. The van der Waals surface area contributed by atoms with Gasteiger partial charge in [-0.2, -0.15) is 0 Å². The molecule has 0 saturated heterocycles. The number of aliphatic hydroxyl groups is 1. The summed E-state index contributed by atoms with van der Waals surface area (Å²) >= 11 is 0. The average Bonchev–Trinajstić information content (AvgIpc) is 2.56. The molecule has 0 spiro atoms. The third-order valence-electron chi connectivity index (χ3n) is 3.36. The number of carbonyl (C=O) groups is 1. The van der Waals surface area contributed by atoms with E-state index in [0.29, 0.717) is 18.8 Å². The van der Waals surface area contributed by atoms with Crippen LogP contribution in [0.3, 0.4) is 0 Å². The molecule has 0 saturated carbocycles. The fourth-order valence-corrected chi connectivity index (χ4v) is 2.28. The Morgan fingerprint density at radius 3 is 2.57 bits per heavy atom. The summed E-state index contributed by atoms with van der Waals surface area (Å²) in [6.45, 7) is 1.14. The number of hydrogen-bond acceptors (Lipinski definition) is 3. The lowest BCUT2D eigenvalue weighted by Gasteiger charge is -2.22. The Bertz CT molecular complexity index is 617. The number of nitrogens with one attached hydrogen (secondary N) is 1. The number of ether oxygens (including phenoxy) is 1. The Kier molecular flexibility index (Phi) is 6.59. The first-order valence-electron chi connectivity index (χ1n) is 7.51. The van der Waals surface area contributed by atoms with E-state index in [4.69, 9.17) is 4.74 Å². The molecule has 2 amide bonds. The summed E-state index contributed by atoms with van der Waals surface area (Å²) in [5.41, 5.74) is 2.71. The van der Waals surface area contributed by atoms with Gasteiger partial charge in [0.1, 0.15) is 0 Å². The van der Waals surface area contributed by atoms with E-state index in [-0.39, 0.29) is 19.2 Å². The first kappa shape index (κ1) is 17.0. The fraction of sp³-hybridized carbons (Fsp3) is 0.278. The van der Waals surface area contributed by atoms with Crippen molar-refractivity contribution in [2.45, 2.75) is 13.2 Å². The number of aliphatic hydroxyl groups excluding tert-OH is 1. The number of methoxy groups -OCH3 is 1. The van der Waals surface area contributed by atoms with E-state index in [1.54, 1.807) is 12.0 Å². The topological polar surface area (TPSA) is 61.8 Å². The molecule has 2 aromatic carbocycles. The molecule has 0 fully saturated rings. The van der Waals surface area contributed by atoms with E-state index in [1.807, 2.05) is 54.6 Å². The minimum atomic E-state index is -0.238. The summed E-state index contributed by atoms with van der Waals surface area (Å²) in [7, 11) is 1.63. The van der Waals surface area contributed by atoms with Crippen LogP contribution in [0.1, 0.15) is 11.1 Å². The molecule has 5 heteroatoms. The Morgan fingerprint density at radius 2 is 1.87 bits per heavy atom. The zero-order valence-electron chi connectivity index (χ0n) is 13.2. The summed E-state index contributed by atoms with van der Waals surface area (Å²) in [6, 6.07) is 17.0. The van der Waals surface area contributed by atoms with Gasteiger partial charge >= 0.3 is 6.03 Å². The van der Waals surface area contributed by atoms with E-state index >= 15 is 0 Å². The Balaban J connectivity index is 2.04. The van der Waals surface area contributed by atoms with Crippen LogP contribution in [0.5, 0.6) is 0 Å². The Labute approximate surface area is 136 Å². The van der Waals surface area contributed by atoms with Gasteiger partial charge in [0.2, 0.25) is 0 Å². The number of hydrogen-bond donors (Lipinski definition) is 2. The van der Waals surface area contributed by atoms with Crippen LogP contribution in [-0.4, -0.2) is 36.3 Å². The van der Waals surface area contributed by atoms with Crippen LogP contribution in [0.2, 0.25) is 0 Å². The highest BCUT2D eigenvalue weighted by Crippen LogP contribution is 2.13. The van der Waals surface area contributed by atoms with E-state index in [2.05, 4.69) is 5.32 Å². The van der Waals surface area contributed by atoms with Gasteiger partial charge in [-0.3, -0.25) is 0 Å². The van der Waals surface area contributed by atoms with Gasteiger partial charge in [0.25, 0.3) is 0 Å². The van der Waals surface area contributed by atoms with Crippen molar-refractivity contribution in [3.63, 3.8) is 0 Å². The van der Waals surface area contributed by atoms with Crippen LogP contribution in [0, 0.1) is 0 Å². The van der Waals surface area contributed by atoms with Crippen LogP contribution >= 0.6 is 0 Å². The SMILES string of the molecule is COCc1cccc(NC(=O)N(CCO)Cc2ccccc2)c1. The van der Waals surface area contributed by atoms with Crippen LogP contribution in [0.25, 0.3) is 0 Å². The molecule has 0 aliphatic rings. The Morgan fingerprint density at radius 1 is 1.13 bits per heavy atom. The van der Waals surface area contributed by atoms with Gasteiger partial charge < -0.3 is 20.1 Å². The maximum absolute atomic E-state index is 12.4. The molecular formula is C18H22N2O3. The van der Waals surface area contributed by atoms with E-state index in [0.717, 1.165) is 11.1 Å². The quantitative estimate of drug-likeness (QED) is 0.826. The number of carbonyl (C=O) groups excluding carboxylic acids is 1. The standard InChI is InChI=1S/C18H22N2O3/c1-23-14-16-8-5-9-17(12-16)19-18(22)20(10-11-21)13-15-6-3-2-4-7-15/h2-9,12,21H,10-11,13-14H2,1H3,(H,19,22). The normalized spacial score (nSPS) is 10.3. The maximum atomic E-state index is 12.4. The van der Waals surface area contributed by atoms with Gasteiger partial charge in [0.05, 0.1) is 13.2 Å². The third-order valence-corrected chi connectivity index (χ3v) is 3.36. The van der Waals surface area contributed by atoms with Gasteiger partial charge in [-0.1, -0.05) is 42.5 Å². The summed E-state index contributed by atoms with van der Waals surface area (Å²) in [4.78, 5) is 14.0. The molecule has 0 heterocycles. The van der Waals surface area contributed by atoms with Crippen LogP contribution in [0.15, 0.2) is 54.6 Å². The van der Waals surface area contributed by atoms with Crippen molar-refractivity contribution in [1.29, 1.82) is 0 Å². The predicted molar refractivity (Wildman–Crippen MR) is 90.1 cm³/mol. The monoisotopic (exact) mass is 314 g/mol. The van der Waals surface area contributed by atoms with E-state index in [9.17, 15) is 9.90 Å². The smallest absolute Gasteiger partial charge is 0.322 e. The van der Waals surface area contributed by atoms with Crippen molar-refractivity contribution < 1.29 is 14.6 Å². The highest BCUT2D eigenvalue weighted by Gasteiger charge is 2.13. The molecular weight excluding hydrogens is 292 g/mol. The number of anilines is 1. The molecule has 2 N–H and O–H groups in total. The predicted octanol–water partition coefficient (Wildman–Crippen LogP) is 2.86. The maximum Gasteiger partial charge on any atom is 0.322 e. The number of rotatable bonds is 7. The zero-order chi connectivity index (χ0) is 16.5. The molecule has 2 aromatic rings. The second-order valence-corrected chi connectivity index (χ2v) is 5.19. The number of benzene rings is 2. The minimum absolute atomic E-state index is 0.0794. The van der Waals surface area contributed by atoms with Crippen molar-refractivity contribution >= 4 is 11.7 Å². The third kappa shape index (κ3) is 5.39. The van der Waals surface area contributed by atoms with Crippen molar-refractivity contribution in [1.82, 2.24) is 4.90 Å². The lowest BCUT2D eigenvalue weighted by molar-refractivity contribution is 0.184. The number of nitrogens with zero attached hydrogens (tertiary/aromatic N) is 1. The largest absolute Gasteiger partial charge is 0.395 e. The van der Waals surface area contributed by atoms with Crippen molar-refractivity contribution in [2.75, 3.05) is 25.6 Å². The van der Waals surface area contributed by atoms with Gasteiger partial charge in [-0.15, -0.1) is 0 Å². The lowest BCUT2D eigenvalue weighted by Crippen LogP contribution is -2.36. The van der Waals surface area contributed by atoms with Gasteiger partial charge in [0, 0.05) is 25.9 Å². The average molecular weight is 314 g/mol. The van der Waals surface area contributed by atoms with Crippen molar-refractivity contribution in [3.05, 3.63) is 65.7 Å². The highest BCUT2D eigenvalue weighted by atomic mass is 16.5. The van der Waals surface area contributed by atoms with Crippen LogP contribution in [-0.2, 0) is 17.9 Å². The molecule has 0 radical (unpaired) electrons. The van der Waals surface area contributed by atoms with Crippen LogP contribution < -0.4 is 5.32 Å². The van der Waals surface area contributed by atoms with Gasteiger partial charge in [-0.25, -0.2) is 4.79 Å². The van der Waals surface area contributed by atoms with E-state index < -0.39 is 0 Å². The molecule has 0 aliphatic heterocycles. The number of amides is 2. The first-order valence-corrected chi connectivity index (χ1v) is 7.51. The molecule has 0 aliphatic carbocycles. The second-order valence-electron chi connectivity index (χ2n) is 5.19. The lowest BCUT2D eigenvalue weighted by atomic mass is 10.2. The molecule has 0 unspecified atom stereocenters. The summed E-state index contributed by atoms with van der Waals surface area (Å²) < 4.78 is 5.10. The molecule has 122 valence electrons. The van der Waals surface area contributed by atoms with Gasteiger partial charge in [0.15, 0.2) is 0 Å². The second kappa shape index (κ2) is 8.92. The highest BCUT2D eigenvalue weighted by molar-refractivity contribution is 5.89. The van der Waals surface area contributed by atoms with Crippen LogP contribution in [0.4, 0.5) is 10.5 Å². The van der Waals surface area contributed by atoms with E-state index in [1.165, 1.54) is 0 Å². The molecule has 0 aromatic heterocycles. The van der Waals surface area contributed by atoms with Gasteiger partial charge in [-0.05, 0) is 23.3 Å². The summed E-state index contributed by atoms with van der Waals surface area (Å²) in [5.74, 6) is 0. The number of urea groups is 1. The summed E-state index contributed by atoms with van der Waals surface area (Å²) in [5, 5.41) is 12.1. The molecule has 0 bridgehead atoms. The zero-order valence-corrected chi connectivity index (χ0v) is 13.2. The first-order chi connectivity index (χ1) is 11.2. The Hall–Kier alpha value is -2.37. The van der Waals surface area contributed by atoms with Crippen molar-refractivity contribution in [2.24, 2.45) is 0 Å². The molecule has 0 atom stereocenters. The molecule has 2 rings (SSSR count).